The zero-order valence-electron chi connectivity index (χ0n) is 12.7. The highest BCUT2D eigenvalue weighted by Gasteiger charge is 2.40. The standard InChI is InChI=1S/C17H26N2O/c1-3-17(10-4-5-11-17)16(20)19(2)13-15-8-6-14(12-18)7-9-15/h6-9H,3-5,10-13,18H2,1-2H3. The molecule has 0 aliphatic heterocycles. The van der Waals surface area contributed by atoms with Crippen molar-refractivity contribution in [2.45, 2.75) is 52.1 Å². The SMILES string of the molecule is CCC1(C(=O)N(C)Cc2ccc(CN)cc2)CCCC1. The molecule has 1 fully saturated rings. The number of hydrogen-bond donors (Lipinski definition) is 1. The third-order valence-electron chi connectivity index (χ3n) is 4.72. The van der Waals surface area contributed by atoms with Gasteiger partial charge in [0.05, 0.1) is 0 Å². The Balaban J connectivity index is 2.03. The van der Waals surface area contributed by atoms with Crippen molar-refractivity contribution < 1.29 is 4.79 Å². The third-order valence-corrected chi connectivity index (χ3v) is 4.72. The molecular formula is C17H26N2O. The van der Waals surface area contributed by atoms with Crippen LogP contribution >= 0.6 is 0 Å². The molecule has 1 aliphatic carbocycles. The van der Waals surface area contributed by atoms with Gasteiger partial charge in [-0.05, 0) is 30.4 Å². The molecule has 0 bridgehead atoms. The number of carbonyl (C=O) groups excluding carboxylic acids is 1. The summed E-state index contributed by atoms with van der Waals surface area (Å²) in [6, 6.07) is 8.22. The Morgan fingerprint density at radius 3 is 2.25 bits per heavy atom. The second-order valence-electron chi connectivity index (χ2n) is 6.02. The number of amides is 1. The number of hydrogen-bond acceptors (Lipinski definition) is 2. The maximum Gasteiger partial charge on any atom is 0.228 e. The highest BCUT2D eigenvalue weighted by atomic mass is 16.2. The van der Waals surface area contributed by atoms with E-state index in [0.717, 1.165) is 24.8 Å². The van der Waals surface area contributed by atoms with Gasteiger partial charge in [0.2, 0.25) is 5.91 Å². The maximum atomic E-state index is 12.7. The molecule has 110 valence electrons. The van der Waals surface area contributed by atoms with Gasteiger partial charge in [-0.25, -0.2) is 0 Å². The molecule has 0 atom stereocenters. The highest BCUT2D eigenvalue weighted by molar-refractivity contribution is 5.82. The second-order valence-corrected chi connectivity index (χ2v) is 6.02. The highest BCUT2D eigenvalue weighted by Crippen LogP contribution is 2.42. The van der Waals surface area contributed by atoms with Crippen LogP contribution in [0.4, 0.5) is 0 Å². The number of rotatable bonds is 5. The van der Waals surface area contributed by atoms with Crippen molar-refractivity contribution in [1.29, 1.82) is 0 Å². The molecule has 2 N–H and O–H groups in total. The summed E-state index contributed by atoms with van der Waals surface area (Å²) in [6.45, 7) is 3.40. The molecule has 0 aromatic heterocycles. The van der Waals surface area contributed by atoms with Crippen molar-refractivity contribution >= 4 is 5.91 Å². The summed E-state index contributed by atoms with van der Waals surface area (Å²) < 4.78 is 0. The van der Waals surface area contributed by atoms with E-state index in [-0.39, 0.29) is 5.41 Å². The van der Waals surface area contributed by atoms with E-state index in [0.29, 0.717) is 19.0 Å². The summed E-state index contributed by atoms with van der Waals surface area (Å²) >= 11 is 0. The van der Waals surface area contributed by atoms with E-state index < -0.39 is 0 Å². The zero-order valence-corrected chi connectivity index (χ0v) is 12.7. The van der Waals surface area contributed by atoms with Gasteiger partial charge in [-0.2, -0.15) is 0 Å². The van der Waals surface area contributed by atoms with Gasteiger partial charge in [0.1, 0.15) is 0 Å². The van der Waals surface area contributed by atoms with Gasteiger partial charge in [-0.3, -0.25) is 4.79 Å². The number of carbonyl (C=O) groups is 1. The maximum absolute atomic E-state index is 12.7. The van der Waals surface area contributed by atoms with Crippen LogP contribution in [0.1, 0.15) is 50.2 Å². The van der Waals surface area contributed by atoms with E-state index in [4.69, 9.17) is 5.73 Å². The number of nitrogens with two attached hydrogens (primary N) is 1. The van der Waals surface area contributed by atoms with Crippen molar-refractivity contribution in [2.24, 2.45) is 11.1 Å². The van der Waals surface area contributed by atoms with E-state index in [1.807, 2.05) is 24.1 Å². The summed E-state index contributed by atoms with van der Waals surface area (Å²) in [5.41, 5.74) is 7.81. The predicted octanol–water partition coefficient (Wildman–Crippen LogP) is 3.07. The van der Waals surface area contributed by atoms with Gasteiger partial charge in [-0.15, -0.1) is 0 Å². The van der Waals surface area contributed by atoms with Gasteiger partial charge in [-0.1, -0.05) is 44.0 Å². The minimum absolute atomic E-state index is 0.0913. The number of nitrogens with zero attached hydrogens (tertiary/aromatic N) is 1. The zero-order chi connectivity index (χ0) is 14.6. The molecule has 1 aromatic rings. The minimum Gasteiger partial charge on any atom is -0.341 e. The van der Waals surface area contributed by atoms with Gasteiger partial charge >= 0.3 is 0 Å². The topological polar surface area (TPSA) is 46.3 Å². The molecule has 1 aliphatic rings. The first-order valence-electron chi connectivity index (χ1n) is 7.65. The van der Waals surface area contributed by atoms with E-state index in [1.165, 1.54) is 18.4 Å². The fraction of sp³-hybridized carbons (Fsp3) is 0.588. The van der Waals surface area contributed by atoms with Crippen LogP contribution in [0.15, 0.2) is 24.3 Å². The largest absolute Gasteiger partial charge is 0.341 e. The summed E-state index contributed by atoms with van der Waals surface area (Å²) in [4.78, 5) is 14.6. The van der Waals surface area contributed by atoms with Crippen LogP contribution in [0.3, 0.4) is 0 Å². The lowest BCUT2D eigenvalue weighted by atomic mass is 9.82. The fourth-order valence-corrected chi connectivity index (χ4v) is 3.30. The monoisotopic (exact) mass is 274 g/mol. The van der Waals surface area contributed by atoms with Gasteiger partial charge in [0.25, 0.3) is 0 Å². The average Bonchev–Trinajstić information content (AvgIpc) is 2.97. The summed E-state index contributed by atoms with van der Waals surface area (Å²) in [5, 5.41) is 0. The lowest BCUT2D eigenvalue weighted by Gasteiger charge is -2.31. The van der Waals surface area contributed by atoms with Crippen LogP contribution in [0.25, 0.3) is 0 Å². The first kappa shape index (κ1) is 15.0. The van der Waals surface area contributed by atoms with Crippen molar-refractivity contribution in [3.63, 3.8) is 0 Å². The van der Waals surface area contributed by atoms with Crippen LogP contribution < -0.4 is 5.73 Å². The molecule has 20 heavy (non-hydrogen) atoms. The van der Waals surface area contributed by atoms with Crippen LogP contribution in [0, 0.1) is 5.41 Å². The Bertz CT molecular complexity index is 447. The van der Waals surface area contributed by atoms with Crippen LogP contribution in [-0.2, 0) is 17.9 Å². The Morgan fingerprint density at radius 1 is 1.20 bits per heavy atom. The van der Waals surface area contributed by atoms with Crippen LogP contribution in [-0.4, -0.2) is 17.9 Å². The van der Waals surface area contributed by atoms with E-state index in [2.05, 4.69) is 19.1 Å². The second kappa shape index (κ2) is 6.40. The summed E-state index contributed by atoms with van der Waals surface area (Å²) in [6.07, 6.45) is 5.46. The first-order valence-corrected chi connectivity index (χ1v) is 7.65. The average molecular weight is 274 g/mol. The molecule has 0 heterocycles. The molecule has 0 unspecified atom stereocenters. The predicted molar refractivity (Wildman–Crippen MR) is 82.0 cm³/mol. The number of benzene rings is 1. The van der Waals surface area contributed by atoms with Crippen molar-refractivity contribution in [3.05, 3.63) is 35.4 Å². The van der Waals surface area contributed by atoms with E-state index >= 15 is 0 Å². The summed E-state index contributed by atoms with van der Waals surface area (Å²) in [7, 11) is 1.93. The van der Waals surface area contributed by atoms with Gasteiger partial charge in [0.15, 0.2) is 0 Å². The van der Waals surface area contributed by atoms with Crippen LogP contribution in [0.2, 0.25) is 0 Å². The molecule has 0 radical (unpaired) electrons. The third kappa shape index (κ3) is 3.04. The van der Waals surface area contributed by atoms with Gasteiger partial charge < -0.3 is 10.6 Å². The van der Waals surface area contributed by atoms with Crippen molar-refractivity contribution in [1.82, 2.24) is 4.90 Å². The molecule has 3 heteroatoms. The lowest BCUT2D eigenvalue weighted by Crippen LogP contribution is -2.39. The Labute approximate surface area is 122 Å². The van der Waals surface area contributed by atoms with Gasteiger partial charge in [0, 0.05) is 25.6 Å². The Morgan fingerprint density at radius 2 is 1.75 bits per heavy atom. The Hall–Kier alpha value is -1.35. The van der Waals surface area contributed by atoms with Crippen molar-refractivity contribution in [3.8, 4) is 0 Å². The van der Waals surface area contributed by atoms with E-state index in [1.54, 1.807) is 0 Å². The Kier molecular flexibility index (Phi) is 4.81. The lowest BCUT2D eigenvalue weighted by molar-refractivity contribution is -0.141. The smallest absolute Gasteiger partial charge is 0.228 e. The van der Waals surface area contributed by atoms with Crippen LogP contribution in [0.5, 0.6) is 0 Å². The fourth-order valence-electron chi connectivity index (χ4n) is 3.30. The molecule has 2 rings (SSSR count). The normalized spacial score (nSPS) is 17.1. The molecule has 0 spiro atoms. The first-order chi connectivity index (χ1) is 9.61. The summed E-state index contributed by atoms with van der Waals surface area (Å²) in [5.74, 6) is 0.320. The molecule has 3 nitrogen and oxygen atoms in total. The molecule has 0 saturated heterocycles. The molecule has 1 saturated carbocycles. The quantitative estimate of drug-likeness (QED) is 0.897. The van der Waals surface area contributed by atoms with E-state index in [9.17, 15) is 4.79 Å². The van der Waals surface area contributed by atoms with Crippen molar-refractivity contribution in [2.75, 3.05) is 7.05 Å². The minimum atomic E-state index is -0.0913. The molecule has 1 aromatic carbocycles. The molecular weight excluding hydrogens is 248 g/mol. The molecule has 1 amide bonds.